The Labute approximate surface area is 149 Å². The lowest BCUT2D eigenvalue weighted by Crippen LogP contribution is -1.95. The van der Waals surface area contributed by atoms with Gasteiger partial charge in [0.2, 0.25) is 0 Å². The molecule has 0 aliphatic heterocycles. The molecule has 4 nitrogen and oxygen atoms in total. The van der Waals surface area contributed by atoms with Crippen molar-refractivity contribution in [2.45, 2.75) is 6.42 Å². The second-order valence-corrected chi connectivity index (χ2v) is 5.79. The van der Waals surface area contributed by atoms with Gasteiger partial charge in [-0.2, -0.15) is 10.4 Å². The van der Waals surface area contributed by atoms with Gasteiger partial charge in [-0.05, 0) is 29.3 Å². The minimum absolute atomic E-state index is 0.158. The number of ether oxygens (including phenoxy) is 1. The average molecular weight is 343 g/mol. The number of nitrogens with zero attached hydrogens (tertiary/aromatic N) is 3. The number of rotatable bonds is 4. The summed E-state index contributed by atoms with van der Waals surface area (Å²) in [7, 11) is 0. The third-order valence-corrected chi connectivity index (χ3v) is 4.09. The van der Waals surface area contributed by atoms with Crippen LogP contribution >= 0.6 is 0 Å². The molecular formula is C21H14FN3O. The molecule has 0 atom stereocenters. The maximum atomic E-state index is 14.0. The van der Waals surface area contributed by atoms with E-state index in [1.165, 1.54) is 6.07 Å². The molecule has 0 bridgehead atoms. The smallest absolute Gasteiger partial charge is 0.165 e. The van der Waals surface area contributed by atoms with Gasteiger partial charge in [-0.15, -0.1) is 0 Å². The van der Waals surface area contributed by atoms with E-state index < -0.39 is 5.82 Å². The van der Waals surface area contributed by atoms with Crippen molar-refractivity contribution in [2.75, 3.05) is 0 Å². The van der Waals surface area contributed by atoms with Gasteiger partial charge in [0, 0.05) is 17.8 Å². The number of halogens is 1. The third kappa shape index (κ3) is 2.89. The summed E-state index contributed by atoms with van der Waals surface area (Å²) < 4.78 is 21.5. The van der Waals surface area contributed by atoms with E-state index in [-0.39, 0.29) is 5.75 Å². The minimum atomic E-state index is -0.424. The maximum Gasteiger partial charge on any atom is 0.165 e. The van der Waals surface area contributed by atoms with E-state index in [1.54, 1.807) is 35.0 Å². The van der Waals surface area contributed by atoms with Gasteiger partial charge in [0.15, 0.2) is 17.3 Å². The number of hydrogen-bond acceptors (Lipinski definition) is 3. The highest BCUT2D eigenvalue weighted by molar-refractivity contribution is 5.85. The van der Waals surface area contributed by atoms with Crippen molar-refractivity contribution in [3.8, 4) is 28.7 Å². The maximum absolute atomic E-state index is 14.0. The molecule has 2 aromatic heterocycles. The molecular weight excluding hydrogens is 329 g/mol. The topological polar surface area (TPSA) is 50.3 Å². The van der Waals surface area contributed by atoms with E-state index in [2.05, 4.69) is 11.2 Å². The first-order valence-electron chi connectivity index (χ1n) is 8.11. The van der Waals surface area contributed by atoms with Crippen LogP contribution < -0.4 is 4.74 Å². The summed E-state index contributed by atoms with van der Waals surface area (Å²) in [5, 5.41) is 13.2. The Morgan fingerprint density at radius 2 is 1.92 bits per heavy atom. The van der Waals surface area contributed by atoms with Crippen LogP contribution in [-0.4, -0.2) is 9.61 Å². The molecule has 0 radical (unpaired) electrons. The molecule has 4 aromatic rings. The zero-order valence-electron chi connectivity index (χ0n) is 13.8. The quantitative estimate of drug-likeness (QED) is 0.524. The molecule has 0 aliphatic rings. The molecule has 0 aliphatic carbocycles. The zero-order chi connectivity index (χ0) is 17.9. The third-order valence-electron chi connectivity index (χ3n) is 4.09. The predicted octanol–water partition coefficient (Wildman–Crippen LogP) is 5.00. The fourth-order valence-corrected chi connectivity index (χ4v) is 2.92. The van der Waals surface area contributed by atoms with Gasteiger partial charge in [0.25, 0.3) is 0 Å². The monoisotopic (exact) mass is 343 g/mol. The van der Waals surface area contributed by atoms with Crippen LogP contribution in [0.15, 0.2) is 73.1 Å². The number of benzene rings is 2. The summed E-state index contributed by atoms with van der Waals surface area (Å²) in [5.41, 5.74) is 3.53. The van der Waals surface area contributed by atoms with E-state index in [0.717, 1.165) is 22.2 Å². The fraction of sp³-hybridized carbons (Fsp3) is 0.0476. The molecule has 2 aromatic carbocycles. The summed E-state index contributed by atoms with van der Waals surface area (Å²) >= 11 is 0. The Morgan fingerprint density at radius 3 is 2.77 bits per heavy atom. The first kappa shape index (κ1) is 15.9. The van der Waals surface area contributed by atoms with Crippen molar-refractivity contribution < 1.29 is 9.13 Å². The van der Waals surface area contributed by atoms with E-state index in [0.29, 0.717) is 12.2 Å². The molecule has 0 saturated heterocycles. The first-order valence-corrected chi connectivity index (χ1v) is 8.11. The number of para-hydroxylation sites is 1. The second-order valence-electron chi connectivity index (χ2n) is 5.79. The standard InChI is InChI=1S/C21H14FN3O/c22-18-6-1-2-7-19(18)26-20-9-12-24-25-13-10-17(21(20)25)16-5-3-4-15(14-16)8-11-23/h1-7,9-10,12-14H,8H2. The van der Waals surface area contributed by atoms with Gasteiger partial charge < -0.3 is 4.74 Å². The van der Waals surface area contributed by atoms with Crippen LogP contribution in [0.2, 0.25) is 0 Å². The van der Waals surface area contributed by atoms with E-state index in [4.69, 9.17) is 10.00 Å². The van der Waals surface area contributed by atoms with Gasteiger partial charge in [0.05, 0.1) is 18.7 Å². The van der Waals surface area contributed by atoms with Crippen LogP contribution in [0.5, 0.6) is 11.5 Å². The van der Waals surface area contributed by atoms with Crippen molar-refractivity contribution in [2.24, 2.45) is 0 Å². The Hall–Kier alpha value is -3.65. The molecule has 126 valence electrons. The number of nitriles is 1. The summed E-state index contributed by atoms with van der Waals surface area (Å²) in [4.78, 5) is 0. The lowest BCUT2D eigenvalue weighted by molar-refractivity contribution is 0.444. The van der Waals surface area contributed by atoms with Crippen molar-refractivity contribution in [3.05, 3.63) is 84.4 Å². The normalized spacial score (nSPS) is 10.6. The highest BCUT2D eigenvalue weighted by Gasteiger charge is 2.14. The molecule has 26 heavy (non-hydrogen) atoms. The molecule has 5 heteroatoms. The van der Waals surface area contributed by atoms with Crippen LogP contribution in [0.1, 0.15) is 5.56 Å². The van der Waals surface area contributed by atoms with Crippen molar-refractivity contribution in [1.29, 1.82) is 5.26 Å². The molecule has 0 N–H and O–H groups in total. The van der Waals surface area contributed by atoms with Crippen LogP contribution in [0.25, 0.3) is 16.6 Å². The number of fused-ring (bicyclic) bond motifs is 1. The Kier molecular flexibility index (Phi) is 4.08. The minimum Gasteiger partial charge on any atom is -0.452 e. The number of hydrogen-bond donors (Lipinski definition) is 0. The van der Waals surface area contributed by atoms with Crippen LogP contribution in [0.3, 0.4) is 0 Å². The van der Waals surface area contributed by atoms with Gasteiger partial charge in [-0.25, -0.2) is 8.91 Å². The molecule has 0 amide bonds. The average Bonchev–Trinajstić information content (AvgIpc) is 3.09. The number of aromatic nitrogens is 2. The van der Waals surface area contributed by atoms with Crippen molar-refractivity contribution in [3.63, 3.8) is 0 Å². The Bertz CT molecular complexity index is 1130. The SMILES string of the molecule is N#CCc1cccc(-c2ccn3nccc(Oc4ccccc4F)c23)c1. The molecule has 0 unspecified atom stereocenters. The summed E-state index contributed by atoms with van der Waals surface area (Å²) in [6.45, 7) is 0. The molecule has 4 rings (SSSR count). The van der Waals surface area contributed by atoms with Crippen molar-refractivity contribution >= 4 is 5.52 Å². The van der Waals surface area contributed by atoms with Crippen LogP contribution in [-0.2, 0) is 6.42 Å². The van der Waals surface area contributed by atoms with Gasteiger partial charge >= 0.3 is 0 Å². The molecule has 0 spiro atoms. The summed E-state index contributed by atoms with van der Waals surface area (Å²) in [5.74, 6) is 0.244. The van der Waals surface area contributed by atoms with Crippen molar-refractivity contribution in [1.82, 2.24) is 9.61 Å². The second kappa shape index (κ2) is 6.69. The zero-order valence-corrected chi connectivity index (χ0v) is 13.8. The van der Waals surface area contributed by atoms with E-state index in [9.17, 15) is 4.39 Å². The fourth-order valence-electron chi connectivity index (χ4n) is 2.92. The van der Waals surface area contributed by atoms with Crippen LogP contribution in [0.4, 0.5) is 4.39 Å². The molecule has 0 saturated carbocycles. The lowest BCUT2D eigenvalue weighted by Gasteiger charge is -2.10. The largest absolute Gasteiger partial charge is 0.452 e. The molecule has 2 heterocycles. The van der Waals surface area contributed by atoms with Gasteiger partial charge in [0.1, 0.15) is 5.52 Å². The summed E-state index contributed by atoms with van der Waals surface area (Å²) in [6.07, 6.45) is 3.78. The lowest BCUT2D eigenvalue weighted by atomic mass is 10.0. The van der Waals surface area contributed by atoms with E-state index >= 15 is 0 Å². The molecule has 0 fully saturated rings. The first-order chi connectivity index (χ1) is 12.8. The Balaban J connectivity index is 1.84. The predicted molar refractivity (Wildman–Crippen MR) is 96.4 cm³/mol. The Morgan fingerprint density at radius 1 is 1.04 bits per heavy atom. The van der Waals surface area contributed by atoms with E-state index in [1.807, 2.05) is 36.5 Å². The highest BCUT2D eigenvalue weighted by atomic mass is 19.1. The van der Waals surface area contributed by atoms with Crippen LogP contribution in [0, 0.1) is 17.1 Å². The summed E-state index contributed by atoms with van der Waals surface area (Å²) in [6, 6.07) is 19.9. The highest BCUT2D eigenvalue weighted by Crippen LogP contribution is 2.35. The van der Waals surface area contributed by atoms with Gasteiger partial charge in [-0.3, -0.25) is 0 Å². The van der Waals surface area contributed by atoms with Gasteiger partial charge in [-0.1, -0.05) is 36.4 Å².